The number of benzene rings is 1. The summed E-state index contributed by atoms with van der Waals surface area (Å²) < 4.78 is 0. The van der Waals surface area contributed by atoms with Crippen LogP contribution in [0.5, 0.6) is 0 Å². The molecule has 2 aliphatic rings. The number of nitrogens with zero attached hydrogens (tertiary/aromatic N) is 4. The third-order valence-electron chi connectivity index (χ3n) is 7.80. The molecule has 3 heterocycles. The number of fused-ring (bicyclic) bond motifs is 2. The number of hydrogen-bond donors (Lipinski definition) is 2. The standard InChI is InChI=1S/C29H34N6/c1-2-11-26-25(10-1)33-28(34-26)20-35(27-12-5-7-21-8-6-18-31-29(21)27)24-15-13-22(14-16-24)32-19-23-9-3-4-17-30-23/h1-4,6,8-11,17-18,22,24,27,32H,5,7,12-16,19-20H2,(H,33,34). The molecule has 0 bridgehead atoms. The average molecular weight is 467 g/mol. The highest BCUT2D eigenvalue weighted by molar-refractivity contribution is 5.74. The second kappa shape index (κ2) is 10.3. The fraction of sp³-hybridized carbons (Fsp3) is 0.414. The first-order chi connectivity index (χ1) is 17.3. The lowest BCUT2D eigenvalue weighted by Gasteiger charge is -2.42. The lowest BCUT2D eigenvalue weighted by Crippen LogP contribution is -2.44. The van der Waals surface area contributed by atoms with Crippen LogP contribution in [0.3, 0.4) is 0 Å². The van der Waals surface area contributed by atoms with Gasteiger partial charge in [0, 0.05) is 31.0 Å². The monoisotopic (exact) mass is 466 g/mol. The molecule has 1 saturated carbocycles. The van der Waals surface area contributed by atoms with Gasteiger partial charge >= 0.3 is 0 Å². The Morgan fingerprint density at radius 3 is 2.60 bits per heavy atom. The van der Waals surface area contributed by atoms with Gasteiger partial charge in [-0.2, -0.15) is 0 Å². The van der Waals surface area contributed by atoms with Gasteiger partial charge in [-0.3, -0.25) is 14.9 Å². The van der Waals surface area contributed by atoms with Crippen LogP contribution in [-0.2, 0) is 19.5 Å². The van der Waals surface area contributed by atoms with Crippen molar-refractivity contribution in [3.8, 4) is 0 Å². The van der Waals surface area contributed by atoms with Gasteiger partial charge < -0.3 is 10.3 Å². The quantitative estimate of drug-likeness (QED) is 0.385. The van der Waals surface area contributed by atoms with E-state index in [4.69, 9.17) is 9.97 Å². The van der Waals surface area contributed by atoms with E-state index in [1.165, 1.54) is 49.8 Å². The van der Waals surface area contributed by atoms with Gasteiger partial charge in [0.15, 0.2) is 0 Å². The van der Waals surface area contributed by atoms with Crippen LogP contribution in [0.4, 0.5) is 0 Å². The fourth-order valence-electron chi connectivity index (χ4n) is 6.02. The van der Waals surface area contributed by atoms with Crippen molar-refractivity contribution in [3.05, 3.63) is 89.8 Å². The third kappa shape index (κ3) is 5.00. The van der Waals surface area contributed by atoms with Crippen LogP contribution in [0.1, 0.15) is 67.3 Å². The van der Waals surface area contributed by atoms with Gasteiger partial charge in [0.2, 0.25) is 0 Å². The maximum absolute atomic E-state index is 4.94. The number of aromatic amines is 1. The number of pyridine rings is 2. The van der Waals surface area contributed by atoms with E-state index < -0.39 is 0 Å². The zero-order chi connectivity index (χ0) is 23.5. The minimum Gasteiger partial charge on any atom is -0.341 e. The molecule has 4 aromatic rings. The fourth-order valence-corrected chi connectivity index (χ4v) is 6.02. The van der Waals surface area contributed by atoms with Crippen LogP contribution in [0.2, 0.25) is 0 Å². The zero-order valence-corrected chi connectivity index (χ0v) is 20.2. The van der Waals surface area contributed by atoms with Crippen LogP contribution in [0, 0.1) is 0 Å². The van der Waals surface area contributed by atoms with Crippen molar-refractivity contribution in [2.24, 2.45) is 0 Å². The van der Waals surface area contributed by atoms with Crippen LogP contribution in [0.15, 0.2) is 67.0 Å². The van der Waals surface area contributed by atoms with Crippen molar-refractivity contribution in [1.29, 1.82) is 0 Å². The summed E-state index contributed by atoms with van der Waals surface area (Å²) in [6.07, 6.45) is 12.1. The molecule has 1 aromatic carbocycles. The van der Waals surface area contributed by atoms with Crippen LogP contribution in [-0.4, -0.2) is 36.9 Å². The Morgan fingerprint density at radius 2 is 1.74 bits per heavy atom. The van der Waals surface area contributed by atoms with E-state index in [1.54, 1.807) is 0 Å². The van der Waals surface area contributed by atoms with Crippen LogP contribution < -0.4 is 5.32 Å². The Hall–Kier alpha value is -3.09. The maximum atomic E-state index is 4.94. The van der Waals surface area contributed by atoms with E-state index in [1.807, 2.05) is 18.5 Å². The van der Waals surface area contributed by atoms with E-state index in [2.05, 4.69) is 68.7 Å². The van der Waals surface area contributed by atoms with Gasteiger partial charge in [0.1, 0.15) is 5.82 Å². The summed E-state index contributed by atoms with van der Waals surface area (Å²) in [5.74, 6) is 1.06. The first kappa shape index (κ1) is 22.4. The van der Waals surface area contributed by atoms with Crippen LogP contribution in [0.25, 0.3) is 11.0 Å². The third-order valence-corrected chi connectivity index (χ3v) is 7.80. The molecule has 35 heavy (non-hydrogen) atoms. The van der Waals surface area contributed by atoms with E-state index >= 15 is 0 Å². The minimum atomic E-state index is 0.358. The van der Waals surface area contributed by atoms with E-state index in [0.717, 1.165) is 42.1 Å². The molecular formula is C29H34N6. The molecule has 2 aliphatic carbocycles. The molecule has 0 amide bonds. The molecule has 0 saturated heterocycles. The molecule has 6 heteroatoms. The van der Waals surface area contributed by atoms with Crippen molar-refractivity contribution >= 4 is 11.0 Å². The highest BCUT2D eigenvalue weighted by atomic mass is 15.2. The first-order valence-corrected chi connectivity index (χ1v) is 13.1. The average Bonchev–Trinajstić information content (AvgIpc) is 3.34. The van der Waals surface area contributed by atoms with Gasteiger partial charge in [-0.05, 0) is 80.8 Å². The highest BCUT2D eigenvalue weighted by Crippen LogP contribution is 2.38. The van der Waals surface area contributed by atoms with Crippen molar-refractivity contribution in [1.82, 2.24) is 30.2 Å². The van der Waals surface area contributed by atoms with Gasteiger partial charge in [-0.25, -0.2) is 4.98 Å². The number of rotatable bonds is 7. The Morgan fingerprint density at radius 1 is 0.886 bits per heavy atom. The van der Waals surface area contributed by atoms with Gasteiger partial charge in [0.05, 0.1) is 35.0 Å². The smallest absolute Gasteiger partial charge is 0.121 e. The molecule has 0 aliphatic heterocycles. The largest absolute Gasteiger partial charge is 0.341 e. The lowest BCUT2D eigenvalue weighted by atomic mass is 9.85. The van der Waals surface area contributed by atoms with Crippen molar-refractivity contribution in [3.63, 3.8) is 0 Å². The second-order valence-electron chi connectivity index (χ2n) is 10.0. The molecule has 2 N–H and O–H groups in total. The molecular weight excluding hydrogens is 432 g/mol. The number of aromatic nitrogens is 4. The molecule has 1 atom stereocenters. The predicted octanol–water partition coefficient (Wildman–Crippen LogP) is 5.33. The molecule has 0 radical (unpaired) electrons. The Bertz CT molecular complexity index is 1210. The molecule has 3 aromatic heterocycles. The lowest BCUT2D eigenvalue weighted by molar-refractivity contribution is 0.0728. The maximum Gasteiger partial charge on any atom is 0.121 e. The molecule has 1 unspecified atom stereocenters. The Balaban J connectivity index is 1.20. The normalized spacial score (nSPS) is 22.4. The van der Waals surface area contributed by atoms with Gasteiger partial charge in [-0.1, -0.05) is 24.3 Å². The summed E-state index contributed by atoms with van der Waals surface area (Å²) in [5.41, 5.74) is 5.99. The molecule has 1 fully saturated rings. The number of aryl methyl sites for hydroxylation is 1. The SMILES string of the molecule is c1ccc(CNC2CCC(N(Cc3nc4ccccc4[nH]3)C3CCCc4cccnc43)CC2)nc1. The molecule has 6 nitrogen and oxygen atoms in total. The Labute approximate surface area is 207 Å². The summed E-state index contributed by atoms with van der Waals surface area (Å²) in [6.45, 7) is 1.69. The van der Waals surface area contributed by atoms with Crippen molar-refractivity contribution < 1.29 is 0 Å². The second-order valence-corrected chi connectivity index (χ2v) is 10.0. The number of hydrogen-bond acceptors (Lipinski definition) is 5. The molecule has 0 spiro atoms. The molecule has 180 valence electrons. The van der Waals surface area contributed by atoms with Gasteiger partial charge in [-0.15, -0.1) is 0 Å². The first-order valence-electron chi connectivity index (χ1n) is 13.1. The predicted molar refractivity (Wildman–Crippen MR) is 139 cm³/mol. The van der Waals surface area contributed by atoms with Crippen LogP contribution >= 0.6 is 0 Å². The summed E-state index contributed by atoms with van der Waals surface area (Å²) >= 11 is 0. The minimum absolute atomic E-state index is 0.358. The van der Waals surface area contributed by atoms with E-state index in [0.29, 0.717) is 18.1 Å². The summed E-state index contributed by atoms with van der Waals surface area (Å²) in [7, 11) is 0. The number of nitrogens with one attached hydrogen (secondary N) is 2. The highest BCUT2D eigenvalue weighted by Gasteiger charge is 2.34. The number of H-pyrrole nitrogens is 1. The molecule has 6 rings (SSSR count). The van der Waals surface area contributed by atoms with Gasteiger partial charge in [0.25, 0.3) is 0 Å². The topological polar surface area (TPSA) is 69.7 Å². The number of imidazole rings is 1. The van der Waals surface area contributed by atoms with E-state index in [-0.39, 0.29) is 0 Å². The van der Waals surface area contributed by atoms with Crippen molar-refractivity contribution in [2.45, 2.75) is 76.2 Å². The zero-order valence-electron chi connectivity index (χ0n) is 20.2. The van der Waals surface area contributed by atoms with Crippen molar-refractivity contribution in [2.75, 3.05) is 0 Å². The summed E-state index contributed by atoms with van der Waals surface area (Å²) in [4.78, 5) is 20.6. The Kier molecular flexibility index (Phi) is 6.56. The number of para-hydroxylation sites is 2. The summed E-state index contributed by atoms with van der Waals surface area (Å²) in [6, 6.07) is 20.3. The summed E-state index contributed by atoms with van der Waals surface area (Å²) in [5, 5.41) is 3.75. The van der Waals surface area contributed by atoms with E-state index in [9.17, 15) is 0 Å².